The summed E-state index contributed by atoms with van der Waals surface area (Å²) < 4.78 is 0. The number of aliphatic hydroxyl groups excluding tert-OH is 1. The van der Waals surface area contributed by atoms with Crippen molar-refractivity contribution in [2.24, 2.45) is 11.7 Å². The topological polar surface area (TPSA) is 46.2 Å². The SMILES string of the molecule is Cc1ccc([C@@H](N)[C@@H](O)C2CCCC2)cc1C.Cl. The molecule has 18 heavy (non-hydrogen) atoms. The Morgan fingerprint density at radius 3 is 2.33 bits per heavy atom. The molecular weight excluding hydrogens is 246 g/mol. The molecule has 0 spiro atoms. The molecule has 0 aromatic heterocycles. The summed E-state index contributed by atoms with van der Waals surface area (Å²) in [5, 5.41) is 10.3. The number of benzene rings is 1. The predicted molar refractivity (Wildman–Crippen MR) is 78.1 cm³/mol. The van der Waals surface area contributed by atoms with Gasteiger partial charge in [0.15, 0.2) is 0 Å². The zero-order valence-electron chi connectivity index (χ0n) is 11.2. The van der Waals surface area contributed by atoms with Crippen LogP contribution in [-0.2, 0) is 0 Å². The first-order chi connectivity index (χ1) is 8.09. The van der Waals surface area contributed by atoms with Crippen LogP contribution in [0, 0.1) is 19.8 Å². The second-order valence-corrected chi connectivity index (χ2v) is 5.40. The maximum atomic E-state index is 10.3. The van der Waals surface area contributed by atoms with Crippen molar-refractivity contribution in [3.05, 3.63) is 34.9 Å². The number of hydrogen-bond acceptors (Lipinski definition) is 2. The minimum absolute atomic E-state index is 0. The van der Waals surface area contributed by atoms with Crippen molar-refractivity contribution in [2.45, 2.75) is 51.7 Å². The van der Waals surface area contributed by atoms with Crippen LogP contribution in [0.3, 0.4) is 0 Å². The van der Waals surface area contributed by atoms with Gasteiger partial charge in [-0.3, -0.25) is 0 Å². The molecule has 0 unspecified atom stereocenters. The van der Waals surface area contributed by atoms with Crippen LogP contribution in [0.2, 0.25) is 0 Å². The van der Waals surface area contributed by atoms with Crippen molar-refractivity contribution in [1.82, 2.24) is 0 Å². The van der Waals surface area contributed by atoms with Crippen LogP contribution in [0.25, 0.3) is 0 Å². The molecule has 1 aliphatic rings. The van der Waals surface area contributed by atoms with Gasteiger partial charge in [0.1, 0.15) is 0 Å². The Balaban J connectivity index is 0.00000162. The molecule has 1 fully saturated rings. The van der Waals surface area contributed by atoms with Crippen LogP contribution in [0.1, 0.15) is 48.4 Å². The average Bonchev–Trinajstić information content (AvgIpc) is 2.84. The minimum atomic E-state index is -0.389. The zero-order chi connectivity index (χ0) is 12.4. The highest BCUT2D eigenvalue weighted by molar-refractivity contribution is 5.85. The van der Waals surface area contributed by atoms with Crippen LogP contribution >= 0.6 is 12.4 Å². The fourth-order valence-electron chi connectivity index (χ4n) is 2.76. The van der Waals surface area contributed by atoms with Crippen LogP contribution in [-0.4, -0.2) is 11.2 Å². The van der Waals surface area contributed by atoms with E-state index in [4.69, 9.17) is 5.73 Å². The lowest BCUT2D eigenvalue weighted by Crippen LogP contribution is -2.32. The smallest absolute Gasteiger partial charge is 0.0760 e. The molecule has 1 aliphatic carbocycles. The van der Waals surface area contributed by atoms with Gasteiger partial charge in [0.25, 0.3) is 0 Å². The summed E-state index contributed by atoms with van der Waals surface area (Å²) in [4.78, 5) is 0. The first kappa shape index (κ1) is 15.5. The molecule has 0 saturated heterocycles. The van der Waals surface area contributed by atoms with E-state index in [1.807, 2.05) is 6.07 Å². The van der Waals surface area contributed by atoms with Crippen LogP contribution in [0.5, 0.6) is 0 Å². The number of nitrogens with two attached hydrogens (primary N) is 1. The van der Waals surface area contributed by atoms with E-state index in [1.165, 1.54) is 24.0 Å². The lowest BCUT2D eigenvalue weighted by Gasteiger charge is -2.25. The van der Waals surface area contributed by atoms with Crippen molar-refractivity contribution in [3.63, 3.8) is 0 Å². The number of rotatable bonds is 3. The molecule has 0 heterocycles. The van der Waals surface area contributed by atoms with Gasteiger partial charge in [0.05, 0.1) is 12.1 Å². The zero-order valence-corrected chi connectivity index (χ0v) is 12.0. The van der Waals surface area contributed by atoms with E-state index in [0.717, 1.165) is 18.4 Å². The molecule has 2 nitrogen and oxygen atoms in total. The van der Waals surface area contributed by atoms with Gasteiger partial charge in [-0.15, -0.1) is 12.4 Å². The van der Waals surface area contributed by atoms with Gasteiger partial charge in [0, 0.05) is 0 Å². The second-order valence-electron chi connectivity index (χ2n) is 5.40. The van der Waals surface area contributed by atoms with Gasteiger partial charge in [-0.2, -0.15) is 0 Å². The van der Waals surface area contributed by atoms with E-state index >= 15 is 0 Å². The molecule has 1 aromatic carbocycles. The normalized spacial score (nSPS) is 19.3. The van der Waals surface area contributed by atoms with Gasteiger partial charge >= 0.3 is 0 Å². The summed E-state index contributed by atoms with van der Waals surface area (Å²) in [6, 6.07) is 6.01. The van der Waals surface area contributed by atoms with Gasteiger partial charge < -0.3 is 10.8 Å². The summed E-state index contributed by atoms with van der Waals surface area (Å²) in [5.41, 5.74) is 9.77. The van der Waals surface area contributed by atoms with E-state index in [1.54, 1.807) is 0 Å². The molecule has 1 aromatic rings. The average molecular weight is 270 g/mol. The molecule has 0 amide bonds. The summed E-state index contributed by atoms with van der Waals surface area (Å²) in [7, 11) is 0. The summed E-state index contributed by atoms with van der Waals surface area (Å²) >= 11 is 0. The molecule has 102 valence electrons. The highest BCUT2D eigenvalue weighted by atomic mass is 35.5. The third-order valence-electron chi connectivity index (χ3n) is 4.17. The molecule has 1 saturated carbocycles. The van der Waals surface area contributed by atoms with Crippen LogP contribution in [0.4, 0.5) is 0 Å². The third-order valence-corrected chi connectivity index (χ3v) is 4.17. The Morgan fingerprint density at radius 1 is 1.17 bits per heavy atom. The molecular formula is C15H24ClNO. The minimum Gasteiger partial charge on any atom is -0.391 e. The fraction of sp³-hybridized carbons (Fsp3) is 0.600. The lowest BCUT2D eigenvalue weighted by atomic mass is 9.90. The molecule has 3 N–H and O–H groups in total. The molecule has 2 atom stereocenters. The number of hydrogen-bond donors (Lipinski definition) is 2. The highest BCUT2D eigenvalue weighted by Gasteiger charge is 2.28. The van der Waals surface area contributed by atoms with Gasteiger partial charge in [-0.1, -0.05) is 31.0 Å². The van der Waals surface area contributed by atoms with E-state index in [9.17, 15) is 5.11 Å². The Hall–Kier alpha value is -0.570. The largest absolute Gasteiger partial charge is 0.391 e. The number of aryl methyl sites for hydroxylation is 2. The quantitative estimate of drug-likeness (QED) is 0.885. The van der Waals surface area contributed by atoms with Crippen LogP contribution in [0.15, 0.2) is 18.2 Å². The summed E-state index contributed by atoms with van der Waals surface area (Å²) in [5.74, 6) is 0.395. The van der Waals surface area contributed by atoms with E-state index in [0.29, 0.717) is 5.92 Å². The summed E-state index contributed by atoms with van der Waals surface area (Å²) in [6.45, 7) is 4.19. The number of halogens is 1. The van der Waals surface area contributed by atoms with E-state index in [2.05, 4.69) is 26.0 Å². The van der Waals surface area contributed by atoms with E-state index < -0.39 is 0 Å². The molecule has 0 aliphatic heterocycles. The number of aliphatic hydroxyl groups is 1. The fourth-order valence-corrected chi connectivity index (χ4v) is 2.76. The van der Waals surface area contributed by atoms with Crippen molar-refractivity contribution in [3.8, 4) is 0 Å². The Kier molecular flexibility index (Phi) is 5.64. The molecule has 2 rings (SSSR count). The Morgan fingerprint density at radius 2 is 1.78 bits per heavy atom. The van der Waals surface area contributed by atoms with Gasteiger partial charge in [-0.05, 0) is 49.3 Å². The maximum absolute atomic E-state index is 10.3. The van der Waals surface area contributed by atoms with Gasteiger partial charge in [0.2, 0.25) is 0 Å². The molecule has 0 radical (unpaired) electrons. The van der Waals surface area contributed by atoms with Crippen molar-refractivity contribution < 1.29 is 5.11 Å². The van der Waals surface area contributed by atoms with Crippen molar-refractivity contribution in [2.75, 3.05) is 0 Å². The molecule has 0 bridgehead atoms. The first-order valence-corrected chi connectivity index (χ1v) is 6.60. The predicted octanol–water partition coefficient (Wildman–Crippen LogP) is 3.28. The van der Waals surface area contributed by atoms with Gasteiger partial charge in [-0.25, -0.2) is 0 Å². The van der Waals surface area contributed by atoms with Crippen LogP contribution < -0.4 is 5.73 Å². The van der Waals surface area contributed by atoms with E-state index in [-0.39, 0.29) is 24.6 Å². The van der Waals surface area contributed by atoms with Crippen molar-refractivity contribution >= 4 is 12.4 Å². The monoisotopic (exact) mass is 269 g/mol. The first-order valence-electron chi connectivity index (χ1n) is 6.60. The maximum Gasteiger partial charge on any atom is 0.0760 e. The van der Waals surface area contributed by atoms with Crippen molar-refractivity contribution in [1.29, 1.82) is 0 Å². The standard InChI is InChI=1S/C15H23NO.ClH/c1-10-7-8-13(9-11(10)2)14(16)15(17)12-5-3-4-6-12;/h7-9,12,14-15,17H,3-6,16H2,1-2H3;1H/t14-,15+;/m1./s1. The molecule has 3 heteroatoms. The third kappa shape index (κ3) is 3.25. The highest BCUT2D eigenvalue weighted by Crippen LogP contribution is 2.32. The Labute approximate surface area is 116 Å². The second kappa shape index (κ2) is 6.55. The summed E-state index contributed by atoms with van der Waals surface area (Å²) in [6.07, 6.45) is 4.34. The Bertz CT molecular complexity index is 388. The lowest BCUT2D eigenvalue weighted by molar-refractivity contribution is 0.0845.